The minimum absolute atomic E-state index is 0.0458. The summed E-state index contributed by atoms with van der Waals surface area (Å²) in [6.45, 7) is 6.31. The molecule has 0 radical (unpaired) electrons. The van der Waals surface area contributed by atoms with Crippen molar-refractivity contribution < 1.29 is 4.39 Å². The lowest BCUT2D eigenvalue weighted by Gasteiger charge is -2.18. The molecule has 0 unspecified atom stereocenters. The number of rotatable bonds is 0. The lowest BCUT2D eigenvalue weighted by atomic mass is 9.88. The van der Waals surface area contributed by atoms with Gasteiger partial charge in [0.15, 0.2) is 5.65 Å². The Bertz CT molecular complexity index is 468. The average Bonchev–Trinajstić information content (AvgIpc) is 2.41. The summed E-state index contributed by atoms with van der Waals surface area (Å²) in [5, 5.41) is 3.58. The Morgan fingerprint density at radius 3 is 2.71 bits per heavy atom. The maximum absolute atomic E-state index is 12.7. The molecule has 0 saturated heterocycles. The van der Waals surface area contributed by atoms with Gasteiger partial charge in [-0.25, -0.2) is 4.52 Å². The first-order chi connectivity index (χ1) is 6.47. The van der Waals surface area contributed by atoms with Crippen LogP contribution in [0.15, 0.2) is 18.3 Å². The Morgan fingerprint density at radius 2 is 2.07 bits per heavy atom. The topological polar surface area (TPSA) is 30.2 Å². The minimum Gasteiger partial charge on any atom is -0.218 e. The van der Waals surface area contributed by atoms with Gasteiger partial charge in [0.2, 0.25) is 0 Å². The molecule has 4 heteroatoms. The zero-order chi connectivity index (χ0) is 10.3. The molecule has 0 aliphatic rings. The van der Waals surface area contributed by atoms with Crippen molar-refractivity contribution in [1.82, 2.24) is 14.6 Å². The van der Waals surface area contributed by atoms with E-state index in [0.29, 0.717) is 5.65 Å². The fourth-order valence-electron chi connectivity index (χ4n) is 1.32. The lowest BCUT2D eigenvalue weighted by molar-refractivity contribution is 0.539. The van der Waals surface area contributed by atoms with Crippen molar-refractivity contribution in [2.75, 3.05) is 0 Å². The number of aromatic nitrogens is 3. The van der Waals surface area contributed by atoms with Crippen molar-refractivity contribution in [2.45, 2.75) is 26.2 Å². The normalized spacial score (nSPS) is 12.3. The van der Waals surface area contributed by atoms with E-state index in [1.165, 1.54) is 4.52 Å². The standard InChI is InChI=1S/C10H12FN3/c1-10(2,3)7-4-5-14-8(6-7)12-9(11)13-14/h4-6H,1-3H3. The summed E-state index contributed by atoms with van der Waals surface area (Å²) in [7, 11) is 0. The van der Waals surface area contributed by atoms with Crippen LogP contribution in [0.5, 0.6) is 0 Å². The maximum Gasteiger partial charge on any atom is 0.327 e. The van der Waals surface area contributed by atoms with Gasteiger partial charge >= 0.3 is 6.08 Å². The largest absolute Gasteiger partial charge is 0.327 e. The maximum atomic E-state index is 12.7. The van der Waals surface area contributed by atoms with E-state index in [-0.39, 0.29) is 5.41 Å². The van der Waals surface area contributed by atoms with Gasteiger partial charge in [0.25, 0.3) is 0 Å². The van der Waals surface area contributed by atoms with E-state index in [9.17, 15) is 4.39 Å². The summed E-state index contributed by atoms with van der Waals surface area (Å²) in [5.41, 5.74) is 1.72. The van der Waals surface area contributed by atoms with E-state index in [4.69, 9.17) is 0 Å². The summed E-state index contributed by atoms with van der Waals surface area (Å²) in [5.74, 6) is 0. The van der Waals surface area contributed by atoms with Gasteiger partial charge in [-0.05, 0) is 23.1 Å². The monoisotopic (exact) mass is 193 g/mol. The average molecular weight is 193 g/mol. The van der Waals surface area contributed by atoms with E-state index in [1.54, 1.807) is 6.20 Å². The molecule has 74 valence electrons. The number of hydrogen-bond acceptors (Lipinski definition) is 2. The SMILES string of the molecule is CC(C)(C)c1ccn2nc(F)nc2c1. The zero-order valence-corrected chi connectivity index (χ0v) is 8.45. The number of pyridine rings is 1. The van der Waals surface area contributed by atoms with Crippen LogP contribution in [0.25, 0.3) is 5.65 Å². The molecule has 14 heavy (non-hydrogen) atoms. The van der Waals surface area contributed by atoms with Gasteiger partial charge in [0, 0.05) is 6.20 Å². The summed E-state index contributed by atoms with van der Waals surface area (Å²) in [6.07, 6.45) is 1.04. The van der Waals surface area contributed by atoms with Crippen molar-refractivity contribution in [2.24, 2.45) is 0 Å². The summed E-state index contributed by atoms with van der Waals surface area (Å²) in [4.78, 5) is 3.67. The molecule has 3 nitrogen and oxygen atoms in total. The van der Waals surface area contributed by atoms with Gasteiger partial charge in [-0.3, -0.25) is 0 Å². The van der Waals surface area contributed by atoms with E-state index in [0.717, 1.165) is 5.56 Å². The Labute approximate surface area is 81.6 Å². The molecule has 0 aromatic carbocycles. The third-order valence-corrected chi connectivity index (χ3v) is 2.18. The van der Waals surface area contributed by atoms with E-state index in [2.05, 4.69) is 30.9 Å². The van der Waals surface area contributed by atoms with Crippen molar-refractivity contribution in [3.8, 4) is 0 Å². The Hall–Kier alpha value is -1.45. The van der Waals surface area contributed by atoms with Gasteiger partial charge in [0.1, 0.15) is 0 Å². The highest BCUT2D eigenvalue weighted by Crippen LogP contribution is 2.22. The van der Waals surface area contributed by atoms with Gasteiger partial charge in [-0.1, -0.05) is 20.8 Å². The van der Waals surface area contributed by atoms with E-state index in [1.807, 2.05) is 12.1 Å². The molecular weight excluding hydrogens is 181 g/mol. The van der Waals surface area contributed by atoms with E-state index >= 15 is 0 Å². The van der Waals surface area contributed by atoms with Crippen LogP contribution in [-0.4, -0.2) is 14.6 Å². The molecule has 0 N–H and O–H groups in total. The molecule has 0 saturated carbocycles. The molecule has 0 spiro atoms. The summed E-state index contributed by atoms with van der Waals surface area (Å²) in [6, 6.07) is 3.79. The molecule has 2 aromatic rings. The number of nitrogens with zero attached hydrogens (tertiary/aromatic N) is 3. The highest BCUT2D eigenvalue weighted by Gasteiger charge is 2.14. The Balaban J connectivity index is 2.62. The quantitative estimate of drug-likeness (QED) is 0.641. The molecule has 0 amide bonds. The van der Waals surface area contributed by atoms with Gasteiger partial charge in [-0.2, -0.15) is 9.37 Å². The van der Waals surface area contributed by atoms with Crippen LogP contribution in [0, 0.1) is 6.08 Å². The third-order valence-electron chi connectivity index (χ3n) is 2.18. The third kappa shape index (κ3) is 1.47. The van der Waals surface area contributed by atoms with Crippen LogP contribution in [0.1, 0.15) is 26.3 Å². The second kappa shape index (κ2) is 2.77. The molecule has 0 atom stereocenters. The molecule has 0 fully saturated rings. The molecular formula is C10H12FN3. The predicted octanol–water partition coefficient (Wildman–Crippen LogP) is 2.17. The van der Waals surface area contributed by atoms with Crippen molar-refractivity contribution in [3.05, 3.63) is 30.0 Å². The van der Waals surface area contributed by atoms with Crippen LogP contribution in [0.4, 0.5) is 4.39 Å². The van der Waals surface area contributed by atoms with Crippen LogP contribution < -0.4 is 0 Å². The second-order valence-electron chi connectivity index (χ2n) is 4.35. The highest BCUT2D eigenvalue weighted by molar-refractivity contribution is 5.41. The summed E-state index contributed by atoms with van der Waals surface area (Å²) < 4.78 is 14.1. The number of hydrogen-bond donors (Lipinski definition) is 0. The van der Waals surface area contributed by atoms with Crippen LogP contribution in [0.3, 0.4) is 0 Å². The van der Waals surface area contributed by atoms with Crippen molar-refractivity contribution >= 4 is 5.65 Å². The zero-order valence-electron chi connectivity index (χ0n) is 8.45. The highest BCUT2D eigenvalue weighted by atomic mass is 19.1. The van der Waals surface area contributed by atoms with E-state index < -0.39 is 6.08 Å². The number of fused-ring (bicyclic) bond motifs is 1. The predicted molar refractivity (Wildman–Crippen MR) is 51.6 cm³/mol. The molecule has 0 bridgehead atoms. The first kappa shape index (κ1) is 9.12. The van der Waals surface area contributed by atoms with Crippen LogP contribution in [0.2, 0.25) is 0 Å². The fourth-order valence-corrected chi connectivity index (χ4v) is 1.32. The molecule has 2 heterocycles. The molecule has 2 aromatic heterocycles. The lowest BCUT2D eigenvalue weighted by Crippen LogP contribution is -2.11. The van der Waals surface area contributed by atoms with Gasteiger partial charge in [0.05, 0.1) is 0 Å². The molecule has 0 aliphatic heterocycles. The van der Waals surface area contributed by atoms with Gasteiger partial charge < -0.3 is 0 Å². The first-order valence-corrected chi connectivity index (χ1v) is 4.49. The van der Waals surface area contributed by atoms with Crippen LogP contribution in [-0.2, 0) is 5.41 Å². The minimum atomic E-state index is -0.684. The molecule has 0 aliphatic carbocycles. The Morgan fingerprint density at radius 1 is 1.36 bits per heavy atom. The van der Waals surface area contributed by atoms with Gasteiger partial charge in [-0.15, -0.1) is 5.10 Å². The van der Waals surface area contributed by atoms with Crippen LogP contribution >= 0.6 is 0 Å². The molecule has 2 rings (SSSR count). The second-order valence-corrected chi connectivity index (χ2v) is 4.35. The van der Waals surface area contributed by atoms with Crippen molar-refractivity contribution in [3.63, 3.8) is 0 Å². The first-order valence-electron chi connectivity index (χ1n) is 4.49. The van der Waals surface area contributed by atoms with Crippen molar-refractivity contribution in [1.29, 1.82) is 0 Å². The summed E-state index contributed by atoms with van der Waals surface area (Å²) >= 11 is 0. The Kier molecular flexibility index (Phi) is 1.80. The smallest absolute Gasteiger partial charge is 0.218 e. The fraction of sp³-hybridized carbons (Fsp3) is 0.400. The number of halogens is 1.